The number of rotatable bonds is 5. The molecule has 4 aromatic carbocycles. The number of nitrogens with one attached hydrogen (secondary N) is 2. The van der Waals surface area contributed by atoms with E-state index in [0.29, 0.717) is 22.8 Å². The standard InChI is InChI=1S/C24H18FN3O3S/c25-18-10-8-16(9-11-18)15-28-22-13-12-19(14-21(22)24(29)26-28)27-32(30,31)23-7-3-5-17-4-1-2-6-20(17)23/h1-14,27H,15H2,(H,26,29). The van der Waals surface area contributed by atoms with E-state index < -0.39 is 10.0 Å². The van der Waals surface area contributed by atoms with E-state index >= 15 is 0 Å². The zero-order chi connectivity index (χ0) is 22.3. The van der Waals surface area contributed by atoms with Crippen LogP contribution < -0.4 is 10.3 Å². The molecule has 1 heterocycles. The first-order valence-electron chi connectivity index (χ1n) is 9.88. The van der Waals surface area contributed by atoms with Crippen LogP contribution in [0.15, 0.2) is 94.6 Å². The van der Waals surface area contributed by atoms with Crippen LogP contribution in [0, 0.1) is 5.82 Å². The van der Waals surface area contributed by atoms with E-state index in [9.17, 15) is 17.6 Å². The number of fused-ring (bicyclic) bond motifs is 2. The Morgan fingerprint density at radius 2 is 1.62 bits per heavy atom. The number of sulfonamides is 1. The maximum absolute atomic E-state index is 13.2. The lowest BCUT2D eigenvalue weighted by molar-refractivity contribution is 0.602. The number of aromatic nitrogens is 2. The van der Waals surface area contributed by atoms with Crippen LogP contribution in [0.1, 0.15) is 5.56 Å². The smallest absolute Gasteiger partial charge is 0.272 e. The molecular weight excluding hydrogens is 429 g/mol. The van der Waals surface area contributed by atoms with Crippen molar-refractivity contribution in [1.29, 1.82) is 0 Å². The van der Waals surface area contributed by atoms with Gasteiger partial charge in [-0.05, 0) is 47.3 Å². The topological polar surface area (TPSA) is 84.0 Å². The molecule has 32 heavy (non-hydrogen) atoms. The molecule has 6 nitrogen and oxygen atoms in total. The second-order valence-corrected chi connectivity index (χ2v) is 9.12. The molecule has 0 amide bonds. The lowest BCUT2D eigenvalue weighted by Crippen LogP contribution is -2.13. The Bertz CT molecular complexity index is 1620. The molecular formula is C24H18FN3O3S. The van der Waals surface area contributed by atoms with Gasteiger partial charge in [0.15, 0.2) is 0 Å². The number of hydrogen-bond acceptors (Lipinski definition) is 3. The third-order valence-corrected chi connectivity index (χ3v) is 6.75. The Balaban J connectivity index is 1.49. The molecule has 0 fully saturated rings. The molecule has 0 aliphatic heterocycles. The summed E-state index contributed by atoms with van der Waals surface area (Å²) in [6.07, 6.45) is 0. The highest BCUT2D eigenvalue weighted by atomic mass is 32.2. The van der Waals surface area contributed by atoms with Crippen LogP contribution >= 0.6 is 0 Å². The van der Waals surface area contributed by atoms with Gasteiger partial charge >= 0.3 is 0 Å². The number of benzene rings is 4. The Hall–Kier alpha value is -3.91. The Kier molecular flexibility index (Phi) is 4.79. The van der Waals surface area contributed by atoms with E-state index in [4.69, 9.17) is 0 Å². The van der Waals surface area contributed by atoms with E-state index in [1.165, 1.54) is 18.2 Å². The zero-order valence-corrected chi connectivity index (χ0v) is 17.6. The molecule has 0 aliphatic carbocycles. The lowest BCUT2D eigenvalue weighted by Gasteiger charge is -2.11. The Morgan fingerprint density at radius 1 is 0.875 bits per heavy atom. The summed E-state index contributed by atoms with van der Waals surface area (Å²) in [5, 5.41) is 4.54. The van der Waals surface area contributed by atoms with Crippen LogP contribution in [0.4, 0.5) is 10.1 Å². The maximum Gasteiger partial charge on any atom is 0.272 e. The average Bonchev–Trinajstić information content (AvgIpc) is 3.09. The first kappa shape index (κ1) is 20.0. The van der Waals surface area contributed by atoms with Crippen LogP contribution in [0.3, 0.4) is 0 Å². The van der Waals surface area contributed by atoms with Crippen molar-refractivity contribution in [3.05, 3.63) is 107 Å². The summed E-state index contributed by atoms with van der Waals surface area (Å²) in [6, 6.07) is 23.2. The van der Waals surface area contributed by atoms with Gasteiger partial charge in [-0.25, -0.2) is 12.8 Å². The normalized spacial score (nSPS) is 11.8. The van der Waals surface area contributed by atoms with Crippen molar-refractivity contribution in [2.45, 2.75) is 11.4 Å². The highest BCUT2D eigenvalue weighted by Gasteiger charge is 2.18. The minimum Gasteiger partial charge on any atom is -0.280 e. The van der Waals surface area contributed by atoms with Crippen LogP contribution in [0.25, 0.3) is 21.7 Å². The van der Waals surface area contributed by atoms with Crippen LogP contribution in [-0.2, 0) is 16.6 Å². The highest BCUT2D eigenvalue weighted by molar-refractivity contribution is 7.93. The second-order valence-electron chi connectivity index (χ2n) is 7.47. The van der Waals surface area contributed by atoms with Gasteiger partial charge in [-0.15, -0.1) is 0 Å². The van der Waals surface area contributed by atoms with Crippen molar-refractivity contribution in [3.63, 3.8) is 0 Å². The quantitative estimate of drug-likeness (QED) is 0.417. The molecule has 0 atom stereocenters. The molecule has 2 N–H and O–H groups in total. The molecule has 0 unspecified atom stereocenters. The van der Waals surface area contributed by atoms with Gasteiger partial charge in [0, 0.05) is 11.1 Å². The molecule has 160 valence electrons. The molecule has 8 heteroatoms. The number of nitrogens with zero attached hydrogens (tertiary/aromatic N) is 1. The van der Waals surface area contributed by atoms with Gasteiger partial charge in [0.2, 0.25) is 0 Å². The fourth-order valence-electron chi connectivity index (χ4n) is 3.80. The minimum atomic E-state index is -3.87. The predicted octanol–water partition coefficient (Wildman–Crippen LogP) is 4.47. The Morgan fingerprint density at radius 3 is 2.44 bits per heavy atom. The molecule has 0 saturated carbocycles. The summed E-state index contributed by atoms with van der Waals surface area (Å²) in [7, 11) is -3.87. The maximum atomic E-state index is 13.2. The molecule has 5 rings (SSSR count). The number of aromatic amines is 1. The summed E-state index contributed by atoms with van der Waals surface area (Å²) in [4.78, 5) is 12.7. The third-order valence-electron chi connectivity index (χ3n) is 5.31. The molecule has 0 saturated heterocycles. The van der Waals surface area contributed by atoms with Gasteiger partial charge in [0.1, 0.15) is 5.82 Å². The summed E-state index contributed by atoms with van der Waals surface area (Å²) >= 11 is 0. The molecule has 0 aliphatic rings. The van der Waals surface area contributed by atoms with E-state index in [-0.39, 0.29) is 22.0 Å². The van der Waals surface area contributed by atoms with Gasteiger partial charge < -0.3 is 0 Å². The van der Waals surface area contributed by atoms with Crippen molar-refractivity contribution in [2.75, 3.05) is 4.72 Å². The van der Waals surface area contributed by atoms with E-state index in [2.05, 4.69) is 9.82 Å². The third kappa shape index (κ3) is 3.65. The molecule has 0 bridgehead atoms. The Labute approximate surface area is 183 Å². The molecule has 0 radical (unpaired) electrons. The van der Waals surface area contributed by atoms with Crippen molar-refractivity contribution < 1.29 is 12.8 Å². The van der Waals surface area contributed by atoms with Crippen LogP contribution in [0.5, 0.6) is 0 Å². The molecule has 0 spiro atoms. The number of hydrogen-bond donors (Lipinski definition) is 2. The van der Waals surface area contributed by atoms with Gasteiger partial charge in [-0.3, -0.25) is 19.3 Å². The van der Waals surface area contributed by atoms with E-state index in [1.54, 1.807) is 53.2 Å². The van der Waals surface area contributed by atoms with E-state index in [0.717, 1.165) is 10.9 Å². The van der Waals surface area contributed by atoms with Crippen LogP contribution in [0.2, 0.25) is 0 Å². The van der Waals surface area contributed by atoms with Gasteiger partial charge in [0.25, 0.3) is 15.6 Å². The fraction of sp³-hybridized carbons (Fsp3) is 0.0417. The largest absolute Gasteiger partial charge is 0.280 e. The predicted molar refractivity (Wildman–Crippen MR) is 123 cm³/mol. The summed E-state index contributed by atoms with van der Waals surface area (Å²) in [5.41, 5.74) is 1.39. The molecule has 1 aromatic heterocycles. The van der Waals surface area contributed by atoms with Gasteiger partial charge in [-0.1, -0.05) is 48.5 Å². The second kappa shape index (κ2) is 7.65. The fourth-order valence-corrected chi connectivity index (χ4v) is 5.08. The number of H-pyrrole nitrogens is 1. The zero-order valence-electron chi connectivity index (χ0n) is 16.7. The van der Waals surface area contributed by atoms with Crippen molar-refractivity contribution in [1.82, 2.24) is 9.78 Å². The van der Waals surface area contributed by atoms with Crippen LogP contribution in [-0.4, -0.2) is 18.2 Å². The van der Waals surface area contributed by atoms with Gasteiger partial charge in [0.05, 0.1) is 22.3 Å². The SMILES string of the molecule is O=c1[nH]n(Cc2ccc(F)cc2)c2ccc(NS(=O)(=O)c3cccc4ccccc34)cc12. The van der Waals surface area contributed by atoms with Crippen molar-refractivity contribution in [2.24, 2.45) is 0 Å². The number of halogens is 1. The minimum absolute atomic E-state index is 0.165. The first-order valence-corrected chi connectivity index (χ1v) is 11.4. The van der Waals surface area contributed by atoms with Crippen molar-refractivity contribution >= 4 is 37.4 Å². The monoisotopic (exact) mass is 447 g/mol. The van der Waals surface area contributed by atoms with Gasteiger partial charge in [-0.2, -0.15) is 0 Å². The first-order chi connectivity index (χ1) is 15.4. The summed E-state index contributed by atoms with van der Waals surface area (Å²) in [5.74, 6) is -0.331. The van der Waals surface area contributed by atoms with Crippen molar-refractivity contribution in [3.8, 4) is 0 Å². The lowest BCUT2D eigenvalue weighted by atomic mass is 10.1. The summed E-state index contributed by atoms with van der Waals surface area (Å²) in [6.45, 7) is 0.347. The summed E-state index contributed by atoms with van der Waals surface area (Å²) < 4.78 is 43.5. The van der Waals surface area contributed by atoms with E-state index in [1.807, 2.05) is 18.2 Å². The molecule has 5 aromatic rings. The number of anilines is 1. The average molecular weight is 447 g/mol. The highest BCUT2D eigenvalue weighted by Crippen LogP contribution is 2.26.